The molecule has 0 aliphatic carbocycles. The van der Waals surface area contributed by atoms with E-state index in [1.165, 1.54) is 10.3 Å². The Morgan fingerprint density at radius 3 is 2.86 bits per heavy atom. The lowest BCUT2D eigenvalue weighted by molar-refractivity contribution is 0.635. The van der Waals surface area contributed by atoms with Crippen molar-refractivity contribution in [2.45, 2.75) is 19.4 Å². The fourth-order valence-corrected chi connectivity index (χ4v) is 4.77. The Bertz CT molecular complexity index is 1140. The largest absolute Gasteiger partial charge is 0.378 e. The van der Waals surface area contributed by atoms with Crippen LogP contribution in [0.3, 0.4) is 0 Å². The second-order valence-electron chi connectivity index (χ2n) is 7.28. The molecule has 0 saturated carbocycles. The number of aryl methyl sites for hydroxylation is 1. The van der Waals surface area contributed by atoms with Gasteiger partial charge in [-0.1, -0.05) is 6.07 Å². The van der Waals surface area contributed by atoms with Crippen molar-refractivity contribution in [3.63, 3.8) is 0 Å². The Hall–Kier alpha value is -2.99. The summed E-state index contributed by atoms with van der Waals surface area (Å²) in [7, 11) is 2.08. The summed E-state index contributed by atoms with van der Waals surface area (Å²) in [4.78, 5) is 15.6. The van der Waals surface area contributed by atoms with Crippen LogP contribution in [-0.4, -0.2) is 28.5 Å². The summed E-state index contributed by atoms with van der Waals surface area (Å²) in [6.07, 6.45) is 4.56. The van der Waals surface area contributed by atoms with E-state index in [4.69, 9.17) is 4.98 Å². The highest BCUT2D eigenvalue weighted by atomic mass is 32.1. The number of benzene rings is 2. The van der Waals surface area contributed by atoms with E-state index in [0.717, 1.165) is 46.1 Å². The molecule has 1 aliphatic heterocycles. The molecule has 0 amide bonds. The molecular weight excluding hydrogens is 366 g/mol. The normalized spacial score (nSPS) is 16.2. The number of aromatic nitrogens is 3. The van der Waals surface area contributed by atoms with Gasteiger partial charge in [0.1, 0.15) is 17.2 Å². The Balaban J connectivity index is 1.39. The van der Waals surface area contributed by atoms with Crippen LogP contribution in [0.1, 0.15) is 23.6 Å². The minimum absolute atomic E-state index is 0.226. The first-order valence-corrected chi connectivity index (χ1v) is 10.2. The van der Waals surface area contributed by atoms with Gasteiger partial charge < -0.3 is 10.2 Å². The molecule has 1 aliphatic rings. The number of thiazole rings is 1. The maximum Gasteiger partial charge on any atom is 0.136 e. The molecule has 140 valence electrons. The van der Waals surface area contributed by atoms with Crippen molar-refractivity contribution in [1.29, 1.82) is 0 Å². The van der Waals surface area contributed by atoms with E-state index in [9.17, 15) is 0 Å². The average molecular weight is 388 g/mol. The highest BCUT2D eigenvalue weighted by Crippen LogP contribution is 2.34. The van der Waals surface area contributed by atoms with Crippen LogP contribution in [0.25, 0.3) is 20.8 Å². The fourth-order valence-electron chi connectivity index (χ4n) is 3.70. The van der Waals surface area contributed by atoms with Crippen molar-refractivity contribution >= 4 is 33.1 Å². The van der Waals surface area contributed by atoms with E-state index >= 15 is 0 Å². The number of fused-ring (bicyclic) bond motifs is 2. The molecule has 3 heterocycles. The zero-order chi connectivity index (χ0) is 19.1. The molecule has 2 aromatic heterocycles. The molecule has 5 rings (SSSR count). The molecule has 1 atom stereocenters. The van der Waals surface area contributed by atoms with Crippen molar-refractivity contribution in [3.05, 3.63) is 66.1 Å². The number of nitrogens with zero attached hydrogens (tertiary/aromatic N) is 4. The van der Waals surface area contributed by atoms with E-state index in [0.29, 0.717) is 0 Å². The van der Waals surface area contributed by atoms with Crippen molar-refractivity contribution in [3.8, 4) is 10.6 Å². The van der Waals surface area contributed by atoms with E-state index in [1.807, 2.05) is 6.20 Å². The van der Waals surface area contributed by atoms with Gasteiger partial charge in [-0.2, -0.15) is 0 Å². The van der Waals surface area contributed by atoms with E-state index in [-0.39, 0.29) is 6.04 Å². The van der Waals surface area contributed by atoms with Gasteiger partial charge in [-0.05, 0) is 55.3 Å². The fraction of sp³-hybridized carbons (Fsp3) is 0.227. The smallest absolute Gasteiger partial charge is 0.136 e. The average Bonchev–Trinajstić information content (AvgIpc) is 3.14. The molecule has 1 unspecified atom stereocenters. The summed E-state index contributed by atoms with van der Waals surface area (Å²) in [5.41, 5.74) is 5.74. The van der Waals surface area contributed by atoms with Crippen LogP contribution in [-0.2, 0) is 0 Å². The van der Waals surface area contributed by atoms with Gasteiger partial charge in [0.25, 0.3) is 0 Å². The van der Waals surface area contributed by atoms with Crippen LogP contribution in [0, 0.1) is 6.92 Å². The van der Waals surface area contributed by atoms with Gasteiger partial charge in [-0.15, -0.1) is 11.3 Å². The number of nitrogens with one attached hydrogen (secondary N) is 1. The van der Waals surface area contributed by atoms with Gasteiger partial charge in [-0.3, -0.25) is 0 Å². The van der Waals surface area contributed by atoms with Gasteiger partial charge in [0.2, 0.25) is 0 Å². The van der Waals surface area contributed by atoms with Crippen LogP contribution in [0.5, 0.6) is 0 Å². The number of anilines is 2. The predicted octanol–water partition coefficient (Wildman–Crippen LogP) is 5.05. The Kier molecular flexibility index (Phi) is 4.20. The van der Waals surface area contributed by atoms with Crippen LogP contribution in [0.4, 0.5) is 11.5 Å². The van der Waals surface area contributed by atoms with Gasteiger partial charge >= 0.3 is 0 Å². The molecule has 2 aromatic carbocycles. The lowest BCUT2D eigenvalue weighted by Gasteiger charge is -2.32. The topological polar surface area (TPSA) is 53.9 Å². The maximum absolute atomic E-state index is 4.78. The second kappa shape index (κ2) is 6.87. The standard InChI is InChI=1S/C22H21N5S/c1-14-3-8-19-20(11-14)28-22(26-19)15-4-6-16(7-5-15)25-18-9-10-27(2)21-17(18)12-23-13-24-21/h3-8,11-13,18,25H,9-10H2,1-2H3. The molecule has 1 N–H and O–H groups in total. The maximum atomic E-state index is 4.78. The zero-order valence-corrected chi connectivity index (χ0v) is 16.7. The zero-order valence-electron chi connectivity index (χ0n) is 15.9. The van der Waals surface area contributed by atoms with Crippen LogP contribution < -0.4 is 10.2 Å². The Labute approximate surface area is 168 Å². The van der Waals surface area contributed by atoms with E-state index < -0.39 is 0 Å². The first-order chi connectivity index (χ1) is 13.7. The first kappa shape index (κ1) is 17.1. The van der Waals surface area contributed by atoms with Crippen LogP contribution >= 0.6 is 11.3 Å². The van der Waals surface area contributed by atoms with Crippen LogP contribution in [0.2, 0.25) is 0 Å². The molecule has 0 spiro atoms. The van der Waals surface area contributed by atoms with Gasteiger partial charge in [-0.25, -0.2) is 15.0 Å². The Morgan fingerprint density at radius 2 is 2.00 bits per heavy atom. The van der Waals surface area contributed by atoms with Gasteiger partial charge in [0.15, 0.2) is 0 Å². The predicted molar refractivity (Wildman–Crippen MR) is 116 cm³/mol. The van der Waals surface area contributed by atoms with Crippen molar-refractivity contribution in [2.75, 3.05) is 23.8 Å². The molecule has 0 fully saturated rings. The van der Waals surface area contributed by atoms with E-state index in [1.54, 1.807) is 17.7 Å². The first-order valence-electron chi connectivity index (χ1n) is 9.42. The third-order valence-corrected chi connectivity index (χ3v) is 6.29. The van der Waals surface area contributed by atoms with Crippen molar-refractivity contribution in [2.24, 2.45) is 0 Å². The monoisotopic (exact) mass is 387 g/mol. The number of rotatable bonds is 3. The summed E-state index contributed by atoms with van der Waals surface area (Å²) in [5.74, 6) is 1.01. The molecule has 28 heavy (non-hydrogen) atoms. The SMILES string of the molecule is Cc1ccc2nc(-c3ccc(NC4CCN(C)c5ncncc54)cc3)sc2c1. The quantitative estimate of drug-likeness (QED) is 0.533. The van der Waals surface area contributed by atoms with Gasteiger partial charge in [0, 0.05) is 36.6 Å². The van der Waals surface area contributed by atoms with Crippen LogP contribution in [0.15, 0.2) is 55.0 Å². The Morgan fingerprint density at radius 1 is 1.14 bits per heavy atom. The number of hydrogen-bond donors (Lipinski definition) is 1. The third kappa shape index (κ3) is 3.10. The van der Waals surface area contributed by atoms with Crippen molar-refractivity contribution in [1.82, 2.24) is 15.0 Å². The lowest BCUT2D eigenvalue weighted by atomic mass is 10.0. The molecule has 0 radical (unpaired) electrons. The second-order valence-corrected chi connectivity index (χ2v) is 8.31. The lowest BCUT2D eigenvalue weighted by Crippen LogP contribution is -2.31. The minimum atomic E-state index is 0.226. The highest BCUT2D eigenvalue weighted by molar-refractivity contribution is 7.21. The summed E-state index contributed by atoms with van der Waals surface area (Å²) in [6.45, 7) is 3.09. The van der Waals surface area contributed by atoms with Gasteiger partial charge in [0.05, 0.1) is 16.3 Å². The molecule has 6 heteroatoms. The molecule has 5 nitrogen and oxygen atoms in total. The summed E-state index contributed by atoms with van der Waals surface area (Å²) < 4.78 is 1.24. The minimum Gasteiger partial charge on any atom is -0.378 e. The van der Waals surface area contributed by atoms with Crippen molar-refractivity contribution < 1.29 is 0 Å². The third-order valence-electron chi connectivity index (χ3n) is 5.23. The number of hydrogen-bond acceptors (Lipinski definition) is 6. The summed E-state index contributed by atoms with van der Waals surface area (Å²) >= 11 is 1.74. The highest BCUT2D eigenvalue weighted by Gasteiger charge is 2.24. The van der Waals surface area contributed by atoms with E-state index in [2.05, 4.69) is 76.6 Å². The summed E-state index contributed by atoms with van der Waals surface area (Å²) in [6, 6.07) is 15.2. The molecular formula is C22H21N5S. The summed E-state index contributed by atoms with van der Waals surface area (Å²) in [5, 5.41) is 4.71. The molecule has 4 aromatic rings. The molecule has 0 saturated heterocycles. The molecule has 0 bridgehead atoms.